The van der Waals surface area contributed by atoms with Gasteiger partial charge in [-0.15, -0.1) is 0 Å². The molecule has 0 spiro atoms. The molecule has 2 aromatic carbocycles. The summed E-state index contributed by atoms with van der Waals surface area (Å²) in [6.07, 6.45) is 5.31. The van der Waals surface area contributed by atoms with Crippen LogP contribution in [0.25, 0.3) is 0 Å². The topological polar surface area (TPSA) is 94.2 Å². The molecule has 8 nitrogen and oxygen atoms in total. The largest absolute Gasteiger partial charge is 0.497 e. The van der Waals surface area contributed by atoms with Gasteiger partial charge in [0.1, 0.15) is 23.3 Å². The van der Waals surface area contributed by atoms with E-state index in [0.717, 1.165) is 25.7 Å². The highest BCUT2D eigenvalue weighted by Gasteiger charge is 2.34. The number of Topliss-reactive ketones (excluding diaryl/α,β-unsaturated/α-hetero) is 1. The lowest BCUT2D eigenvalue weighted by Crippen LogP contribution is -2.53. The van der Waals surface area contributed by atoms with E-state index in [1.54, 1.807) is 56.5 Å². The van der Waals surface area contributed by atoms with E-state index in [1.807, 2.05) is 0 Å². The van der Waals surface area contributed by atoms with Crippen molar-refractivity contribution >= 4 is 23.3 Å². The van der Waals surface area contributed by atoms with E-state index in [-0.39, 0.29) is 36.9 Å². The van der Waals surface area contributed by atoms with E-state index in [2.05, 4.69) is 5.32 Å². The third-order valence-electron chi connectivity index (χ3n) is 6.31. The Kier molecular flexibility index (Phi) is 7.35. The van der Waals surface area contributed by atoms with Gasteiger partial charge in [-0.25, -0.2) is 0 Å². The zero-order chi connectivity index (χ0) is 24.1. The zero-order valence-corrected chi connectivity index (χ0v) is 19.5. The predicted molar refractivity (Wildman–Crippen MR) is 127 cm³/mol. The first-order valence-corrected chi connectivity index (χ1v) is 11.7. The average molecular weight is 467 g/mol. The summed E-state index contributed by atoms with van der Waals surface area (Å²) in [4.78, 5) is 39.9. The van der Waals surface area contributed by atoms with Gasteiger partial charge in [0.2, 0.25) is 5.91 Å². The molecule has 0 saturated heterocycles. The fourth-order valence-corrected chi connectivity index (χ4v) is 4.36. The molecule has 2 amide bonds. The molecule has 1 N–H and O–H groups in total. The number of ketones is 1. The molecule has 4 rings (SSSR count). The van der Waals surface area contributed by atoms with Crippen molar-refractivity contribution in [2.75, 3.05) is 25.2 Å². The number of fused-ring (bicyclic) bond motifs is 1. The number of hydrogen-bond acceptors (Lipinski definition) is 6. The van der Waals surface area contributed by atoms with E-state index >= 15 is 0 Å². The number of carbonyl (C=O) groups excluding carboxylic acids is 3. The number of methoxy groups -OCH3 is 1. The minimum absolute atomic E-state index is 0.141. The Morgan fingerprint density at radius 2 is 1.79 bits per heavy atom. The van der Waals surface area contributed by atoms with E-state index in [0.29, 0.717) is 28.5 Å². The summed E-state index contributed by atoms with van der Waals surface area (Å²) in [6.45, 7) is 1.38. The summed E-state index contributed by atoms with van der Waals surface area (Å²) in [7, 11) is 1.58. The van der Waals surface area contributed by atoms with Crippen LogP contribution in [0.1, 0.15) is 49.4 Å². The van der Waals surface area contributed by atoms with Gasteiger partial charge >= 0.3 is 0 Å². The highest BCUT2D eigenvalue weighted by Crippen LogP contribution is 2.35. The highest BCUT2D eigenvalue weighted by molar-refractivity contribution is 6.05. The molecule has 1 atom stereocenters. The Labute approximate surface area is 199 Å². The van der Waals surface area contributed by atoms with Crippen LogP contribution in [0.5, 0.6) is 17.2 Å². The minimum Gasteiger partial charge on any atom is -0.497 e. The van der Waals surface area contributed by atoms with E-state index in [9.17, 15) is 14.4 Å². The molecule has 2 aliphatic rings. The molecule has 0 radical (unpaired) electrons. The molecular weight excluding hydrogens is 436 g/mol. The van der Waals surface area contributed by atoms with Crippen molar-refractivity contribution in [3.8, 4) is 17.2 Å². The molecule has 1 aliphatic carbocycles. The molecule has 1 aliphatic heterocycles. The van der Waals surface area contributed by atoms with Crippen molar-refractivity contribution in [3.05, 3.63) is 48.0 Å². The number of benzene rings is 2. The van der Waals surface area contributed by atoms with Gasteiger partial charge in [0.05, 0.1) is 12.8 Å². The lowest BCUT2D eigenvalue weighted by Gasteiger charge is -2.34. The second kappa shape index (κ2) is 10.6. The van der Waals surface area contributed by atoms with E-state index in [1.165, 1.54) is 11.3 Å². The van der Waals surface area contributed by atoms with Crippen molar-refractivity contribution in [1.82, 2.24) is 5.32 Å². The van der Waals surface area contributed by atoms with Gasteiger partial charge in [-0.05, 0) is 62.2 Å². The van der Waals surface area contributed by atoms with E-state index < -0.39 is 6.04 Å². The van der Waals surface area contributed by atoms with Crippen LogP contribution in [0.4, 0.5) is 5.69 Å². The molecular formula is C26H30N2O6. The van der Waals surface area contributed by atoms with Crippen molar-refractivity contribution in [3.63, 3.8) is 0 Å². The predicted octanol–water partition coefficient (Wildman–Crippen LogP) is 3.52. The van der Waals surface area contributed by atoms with E-state index in [4.69, 9.17) is 14.2 Å². The number of nitrogens with zero attached hydrogens (tertiary/aromatic N) is 1. The fraction of sp³-hybridized carbons (Fsp3) is 0.423. The molecule has 34 heavy (non-hydrogen) atoms. The zero-order valence-electron chi connectivity index (χ0n) is 19.5. The quantitative estimate of drug-likeness (QED) is 0.599. The second-order valence-corrected chi connectivity index (χ2v) is 8.64. The first-order valence-electron chi connectivity index (χ1n) is 11.7. The Hall–Kier alpha value is -3.55. The highest BCUT2D eigenvalue weighted by atomic mass is 16.5. The Bertz CT molecular complexity index is 1050. The van der Waals surface area contributed by atoms with Crippen molar-refractivity contribution in [2.45, 2.75) is 51.1 Å². The first-order chi connectivity index (χ1) is 16.5. The van der Waals surface area contributed by atoms with Gasteiger partial charge in [0, 0.05) is 11.6 Å². The number of rotatable bonds is 8. The van der Waals surface area contributed by atoms with Crippen LogP contribution < -0.4 is 24.4 Å². The molecule has 1 heterocycles. The monoisotopic (exact) mass is 466 g/mol. The third-order valence-corrected chi connectivity index (χ3v) is 6.31. The summed E-state index contributed by atoms with van der Waals surface area (Å²) in [5, 5.41) is 3.08. The standard InChI is InChI=1S/C26H30N2O6/c1-17(26(31)27-19-6-4-3-5-7-19)28-22-14-18(8-13-24(22)34-16-25(28)30)23(29)15-33-21-11-9-20(32-2)10-12-21/h8-14,17,19H,3-7,15-16H2,1-2H3,(H,27,31). The maximum Gasteiger partial charge on any atom is 0.265 e. The summed E-state index contributed by atoms with van der Waals surface area (Å²) < 4.78 is 16.3. The summed E-state index contributed by atoms with van der Waals surface area (Å²) >= 11 is 0. The van der Waals surface area contributed by atoms with Crippen LogP contribution in [0.15, 0.2) is 42.5 Å². The van der Waals surface area contributed by atoms with Crippen LogP contribution in [0, 0.1) is 0 Å². The first kappa shape index (κ1) is 23.6. The number of amides is 2. The van der Waals surface area contributed by atoms with Gasteiger partial charge in [0.15, 0.2) is 19.0 Å². The molecule has 0 bridgehead atoms. The fourth-order valence-electron chi connectivity index (χ4n) is 4.36. The smallest absolute Gasteiger partial charge is 0.265 e. The van der Waals surface area contributed by atoms with Gasteiger partial charge in [-0.2, -0.15) is 0 Å². The van der Waals surface area contributed by atoms with Crippen LogP contribution in [-0.4, -0.2) is 50.0 Å². The Morgan fingerprint density at radius 1 is 1.09 bits per heavy atom. The Balaban J connectivity index is 1.47. The molecule has 1 unspecified atom stereocenters. The molecule has 0 aromatic heterocycles. The molecule has 2 aromatic rings. The number of anilines is 1. The van der Waals surface area contributed by atoms with Gasteiger partial charge in [-0.3, -0.25) is 19.3 Å². The lowest BCUT2D eigenvalue weighted by atomic mass is 9.95. The van der Waals surface area contributed by atoms with Crippen molar-refractivity contribution in [1.29, 1.82) is 0 Å². The summed E-state index contributed by atoms with van der Waals surface area (Å²) in [5.41, 5.74) is 0.785. The van der Waals surface area contributed by atoms with Crippen molar-refractivity contribution in [2.24, 2.45) is 0 Å². The average Bonchev–Trinajstić information content (AvgIpc) is 2.87. The number of nitrogens with one attached hydrogen (secondary N) is 1. The van der Waals surface area contributed by atoms with Crippen LogP contribution in [0.3, 0.4) is 0 Å². The van der Waals surface area contributed by atoms with Crippen molar-refractivity contribution < 1.29 is 28.6 Å². The van der Waals surface area contributed by atoms with Crippen LogP contribution >= 0.6 is 0 Å². The van der Waals surface area contributed by atoms with Gasteiger partial charge < -0.3 is 19.5 Å². The van der Waals surface area contributed by atoms with Gasteiger partial charge in [0.25, 0.3) is 5.91 Å². The minimum atomic E-state index is -0.724. The van der Waals surface area contributed by atoms with Gasteiger partial charge in [-0.1, -0.05) is 19.3 Å². The maximum atomic E-state index is 12.9. The normalized spacial score (nSPS) is 16.8. The molecule has 1 fully saturated rings. The summed E-state index contributed by atoms with van der Waals surface area (Å²) in [5.74, 6) is 0.922. The molecule has 180 valence electrons. The maximum absolute atomic E-state index is 12.9. The summed E-state index contributed by atoms with van der Waals surface area (Å²) in [6, 6.07) is 11.2. The second-order valence-electron chi connectivity index (χ2n) is 8.64. The molecule has 1 saturated carbocycles. The number of ether oxygens (including phenoxy) is 3. The van der Waals surface area contributed by atoms with Crippen LogP contribution in [-0.2, 0) is 9.59 Å². The number of hydrogen-bond donors (Lipinski definition) is 1. The molecule has 8 heteroatoms. The Morgan fingerprint density at radius 3 is 2.50 bits per heavy atom. The van der Waals surface area contributed by atoms with Crippen LogP contribution in [0.2, 0.25) is 0 Å². The SMILES string of the molecule is COc1ccc(OCC(=O)c2ccc3c(c2)N(C(C)C(=O)NC2CCCCC2)C(=O)CO3)cc1. The third kappa shape index (κ3) is 5.32. The number of carbonyl (C=O) groups is 3. The lowest BCUT2D eigenvalue weighted by molar-refractivity contribution is -0.128.